The molecule has 0 saturated carbocycles. The number of nitrogens with zero attached hydrogens (tertiary/aromatic N) is 6. The first kappa shape index (κ1) is 28.7. The van der Waals surface area contributed by atoms with Crippen molar-refractivity contribution in [1.82, 2.24) is 40.8 Å². The number of aryl methyl sites for hydroxylation is 3. The SMILES string of the molecule is Cc1ccc(CNC(=O)c2cn(CCCCc3nnc(C(=O)NCc4cccc(OC(C)(F)F)c4)s3)nn2)cn1. The number of halogens is 2. The van der Waals surface area contributed by atoms with Crippen molar-refractivity contribution in [2.24, 2.45) is 0 Å². The second kappa shape index (κ2) is 13.2. The van der Waals surface area contributed by atoms with E-state index in [-0.39, 0.29) is 28.9 Å². The third-order valence-electron chi connectivity index (χ3n) is 5.53. The molecule has 2 N–H and O–H groups in total. The van der Waals surface area contributed by atoms with E-state index >= 15 is 0 Å². The first-order valence-electron chi connectivity index (χ1n) is 12.5. The first-order chi connectivity index (χ1) is 19.1. The summed E-state index contributed by atoms with van der Waals surface area (Å²) < 4.78 is 32.3. The van der Waals surface area contributed by atoms with E-state index in [9.17, 15) is 18.4 Å². The Morgan fingerprint density at radius 3 is 2.60 bits per heavy atom. The number of carbonyl (C=O) groups excluding carboxylic acids is 2. The van der Waals surface area contributed by atoms with E-state index < -0.39 is 12.0 Å². The van der Waals surface area contributed by atoms with Gasteiger partial charge in [0.2, 0.25) is 5.01 Å². The maximum atomic E-state index is 13.1. The van der Waals surface area contributed by atoms with Gasteiger partial charge in [0.25, 0.3) is 11.8 Å². The predicted molar refractivity (Wildman–Crippen MR) is 142 cm³/mol. The van der Waals surface area contributed by atoms with E-state index in [2.05, 4.69) is 40.9 Å². The van der Waals surface area contributed by atoms with Crippen LogP contribution in [-0.2, 0) is 26.1 Å². The van der Waals surface area contributed by atoms with E-state index in [1.54, 1.807) is 29.2 Å². The van der Waals surface area contributed by atoms with Gasteiger partial charge in [-0.25, -0.2) is 0 Å². The van der Waals surface area contributed by atoms with Gasteiger partial charge in [0.1, 0.15) is 10.8 Å². The number of hydrogen-bond donors (Lipinski definition) is 2. The van der Waals surface area contributed by atoms with E-state index in [4.69, 9.17) is 0 Å². The minimum absolute atomic E-state index is 0.0127. The molecule has 11 nitrogen and oxygen atoms in total. The summed E-state index contributed by atoms with van der Waals surface area (Å²) in [6.07, 6.45) is 2.19. The first-order valence-corrected chi connectivity index (χ1v) is 13.3. The molecule has 4 rings (SSSR count). The van der Waals surface area contributed by atoms with Crippen molar-refractivity contribution >= 4 is 23.2 Å². The van der Waals surface area contributed by atoms with Gasteiger partial charge in [0.05, 0.1) is 6.20 Å². The summed E-state index contributed by atoms with van der Waals surface area (Å²) in [6.45, 7) is 3.60. The van der Waals surface area contributed by atoms with E-state index in [1.807, 2.05) is 19.1 Å². The van der Waals surface area contributed by atoms with Crippen molar-refractivity contribution in [2.75, 3.05) is 0 Å². The lowest BCUT2D eigenvalue weighted by Crippen LogP contribution is -2.23. The lowest BCUT2D eigenvalue weighted by molar-refractivity contribution is -0.159. The minimum Gasteiger partial charge on any atom is -0.433 e. The standard InChI is InChI=1S/C26H28F2N8O3S/c1-17-9-10-19(14-29-17)15-30-23(37)21-16-36(35-32-21)11-4-3-8-22-33-34-25(40-22)24(38)31-13-18-6-5-7-20(12-18)39-26(2,27)28/h5-7,9-10,12,14,16H,3-4,8,11,13,15H2,1-2H3,(H,30,37)(H,31,38). The molecule has 0 fully saturated rings. The average Bonchev–Trinajstić information content (AvgIpc) is 3.59. The van der Waals surface area contributed by atoms with E-state index in [1.165, 1.54) is 23.5 Å². The molecule has 0 unspecified atom stereocenters. The number of aromatic nitrogens is 6. The molecule has 2 amide bonds. The Morgan fingerprint density at radius 1 is 1.02 bits per heavy atom. The predicted octanol–water partition coefficient (Wildman–Crippen LogP) is 3.71. The van der Waals surface area contributed by atoms with Crippen molar-refractivity contribution in [3.63, 3.8) is 0 Å². The maximum absolute atomic E-state index is 13.1. The molecule has 0 aliphatic rings. The number of unbranched alkanes of at least 4 members (excludes halogenated alkanes) is 1. The summed E-state index contributed by atoms with van der Waals surface area (Å²) in [5.74, 6) is -0.697. The van der Waals surface area contributed by atoms with Gasteiger partial charge < -0.3 is 15.4 Å². The second-order valence-corrected chi connectivity index (χ2v) is 10.1. The summed E-state index contributed by atoms with van der Waals surface area (Å²) in [5.41, 5.74) is 2.65. The Balaban J connectivity index is 1.16. The number of benzene rings is 1. The number of hydrogen-bond acceptors (Lipinski definition) is 9. The molecular formula is C26H28F2N8O3S. The Labute approximate surface area is 233 Å². The molecule has 0 atom stereocenters. The minimum atomic E-state index is -3.29. The number of pyridine rings is 1. The summed E-state index contributed by atoms with van der Waals surface area (Å²) in [7, 11) is 0. The number of ether oxygens (including phenoxy) is 1. The highest BCUT2D eigenvalue weighted by Gasteiger charge is 2.23. The van der Waals surface area contributed by atoms with Gasteiger partial charge in [-0.15, -0.1) is 15.3 Å². The highest BCUT2D eigenvalue weighted by Crippen LogP contribution is 2.22. The van der Waals surface area contributed by atoms with Crippen molar-refractivity contribution in [3.8, 4) is 5.75 Å². The third-order valence-corrected chi connectivity index (χ3v) is 6.52. The molecule has 0 radical (unpaired) electrons. The van der Waals surface area contributed by atoms with Crippen LogP contribution in [0.5, 0.6) is 5.75 Å². The van der Waals surface area contributed by atoms with Gasteiger partial charge >= 0.3 is 6.11 Å². The summed E-state index contributed by atoms with van der Waals surface area (Å²) in [5, 5.41) is 22.4. The number of amides is 2. The zero-order chi connectivity index (χ0) is 28.5. The summed E-state index contributed by atoms with van der Waals surface area (Å²) in [6, 6.07) is 9.92. The number of nitrogens with one attached hydrogen (secondary N) is 2. The fraction of sp³-hybridized carbons (Fsp3) is 0.346. The molecule has 14 heteroatoms. The third kappa shape index (κ3) is 8.86. The molecule has 0 aliphatic heterocycles. The topological polar surface area (TPSA) is 137 Å². The maximum Gasteiger partial charge on any atom is 0.394 e. The van der Waals surface area contributed by atoms with Crippen LogP contribution in [0.4, 0.5) is 8.78 Å². The molecule has 0 aliphatic carbocycles. The van der Waals surface area contributed by atoms with Crippen molar-refractivity contribution < 1.29 is 23.1 Å². The van der Waals surface area contributed by atoms with Crippen LogP contribution in [0.2, 0.25) is 0 Å². The zero-order valence-corrected chi connectivity index (χ0v) is 22.8. The summed E-state index contributed by atoms with van der Waals surface area (Å²) >= 11 is 1.20. The fourth-order valence-electron chi connectivity index (χ4n) is 3.57. The Kier molecular flexibility index (Phi) is 9.43. The molecule has 3 aromatic heterocycles. The van der Waals surface area contributed by atoms with Gasteiger partial charge in [-0.1, -0.05) is 34.7 Å². The van der Waals surface area contributed by atoms with Crippen LogP contribution in [0.15, 0.2) is 48.8 Å². The highest BCUT2D eigenvalue weighted by molar-refractivity contribution is 7.13. The van der Waals surface area contributed by atoms with Crippen LogP contribution in [-0.4, -0.2) is 48.1 Å². The lowest BCUT2D eigenvalue weighted by atomic mass is 10.2. The van der Waals surface area contributed by atoms with E-state index in [0.29, 0.717) is 32.0 Å². The molecular weight excluding hydrogens is 542 g/mol. The number of alkyl halides is 2. The number of carbonyl (C=O) groups is 2. The average molecular weight is 571 g/mol. The number of rotatable bonds is 13. The molecule has 0 saturated heterocycles. The molecule has 1 aromatic carbocycles. The molecule has 4 aromatic rings. The molecule has 0 bridgehead atoms. The van der Waals surface area contributed by atoms with Crippen LogP contribution in [0.1, 0.15) is 61.9 Å². The Bertz CT molecular complexity index is 1440. The molecule has 40 heavy (non-hydrogen) atoms. The van der Waals surface area contributed by atoms with Crippen molar-refractivity contribution in [1.29, 1.82) is 0 Å². The van der Waals surface area contributed by atoms with E-state index in [0.717, 1.165) is 29.1 Å². The normalized spacial score (nSPS) is 11.3. The summed E-state index contributed by atoms with van der Waals surface area (Å²) in [4.78, 5) is 29.0. The molecule has 3 heterocycles. The smallest absolute Gasteiger partial charge is 0.394 e. The van der Waals surface area contributed by atoms with Gasteiger partial charge in [0.15, 0.2) is 5.69 Å². The monoisotopic (exact) mass is 570 g/mol. The van der Waals surface area contributed by atoms with Crippen molar-refractivity contribution in [3.05, 3.63) is 81.3 Å². The van der Waals surface area contributed by atoms with Gasteiger partial charge in [-0.3, -0.25) is 19.3 Å². The zero-order valence-electron chi connectivity index (χ0n) is 21.9. The second-order valence-electron chi connectivity index (χ2n) is 9.06. The Morgan fingerprint density at radius 2 is 1.82 bits per heavy atom. The molecule has 210 valence electrons. The van der Waals surface area contributed by atoms with Crippen molar-refractivity contribution in [2.45, 2.75) is 58.9 Å². The van der Waals surface area contributed by atoms with Gasteiger partial charge in [0, 0.05) is 44.9 Å². The van der Waals surface area contributed by atoms with Gasteiger partial charge in [-0.2, -0.15) is 8.78 Å². The van der Waals surface area contributed by atoms with Crippen LogP contribution in [0.25, 0.3) is 0 Å². The van der Waals surface area contributed by atoms with Crippen LogP contribution >= 0.6 is 11.3 Å². The van der Waals surface area contributed by atoms with Gasteiger partial charge in [-0.05, 0) is 49.1 Å². The quantitative estimate of drug-likeness (QED) is 0.232. The van der Waals surface area contributed by atoms with Crippen LogP contribution < -0.4 is 15.4 Å². The van der Waals surface area contributed by atoms with Crippen LogP contribution in [0.3, 0.4) is 0 Å². The largest absolute Gasteiger partial charge is 0.433 e. The fourth-order valence-corrected chi connectivity index (χ4v) is 4.37. The van der Waals surface area contributed by atoms with Crippen LogP contribution in [0, 0.1) is 6.92 Å². The Hall–Kier alpha value is -4.33. The molecule has 0 spiro atoms. The lowest BCUT2D eigenvalue weighted by Gasteiger charge is -2.13. The highest BCUT2D eigenvalue weighted by atomic mass is 32.1.